The molecule has 0 amide bonds. The molecule has 0 atom stereocenters. The highest BCUT2D eigenvalue weighted by molar-refractivity contribution is 5.93. The quantitative estimate of drug-likeness (QED) is 0.488. The Morgan fingerprint density at radius 1 is 1.07 bits per heavy atom. The van der Waals surface area contributed by atoms with Gasteiger partial charge >= 0.3 is 0 Å². The summed E-state index contributed by atoms with van der Waals surface area (Å²) in [6, 6.07) is 9.16. The fourth-order valence-corrected chi connectivity index (χ4v) is 4.56. The lowest BCUT2D eigenvalue weighted by atomic mass is 9.92. The van der Waals surface area contributed by atoms with Crippen molar-refractivity contribution in [2.24, 2.45) is 0 Å². The fourth-order valence-electron chi connectivity index (χ4n) is 4.56. The molecular formula is C24H26FN5. The molecule has 0 aliphatic carbocycles. The first-order chi connectivity index (χ1) is 14.5. The first kappa shape index (κ1) is 19.1. The number of hydrogen-bond donors (Lipinski definition) is 0. The maximum Gasteiger partial charge on any atom is 0.156 e. The minimum Gasteiger partial charge on any atom is -0.304 e. The number of aryl methyl sites for hydroxylation is 2. The van der Waals surface area contributed by atoms with Crippen LogP contribution in [0, 0.1) is 19.7 Å². The number of hydrogen-bond acceptors (Lipinski definition) is 4. The Morgan fingerprint density at radius 2 is 1.87 bits per heavy atom. The molecule has 5 rings (SSSR count). The first-order valence-electron chi connectivity index (χ1n) is 10.7. The van der Waals surface area contributed by atoms with E-state index in [9.17, 15) is 4.39 Å². The molecule has 0 radical (unpaired) electrons. The summed E-state index contributed by atoms with van der Waals surface area (Å²) in [5, 5.41) is 5.53. The number of benzene rings is 1. The molecule has 0 saturated carbocycles. The fraction of sp³-hybridized carbons (Fsp3) is 0.375. The van der Waals surface area contributed by atoms with Crippen molar-refractivity contribution in [3.63, 3.8) is 0 Å². The third-order valence-corrected chi connectivity index (χ3v) is 6.24. The van der Waals surface area contributed by atoms with Gasteiger partial charge in [-0.25, -0.2) is 13.9 Å². The van der Waals surface area contributed by atoms with Crippen molar-refractivity contribution in [1.29, 1.82) is 0 Å². The van der Waals surface area contributed by atoms with Crippen molar-refractivity contribution in [3.8, 4) is 11.3 Å². The minimum absolute atomic E-state index is 0.273. The highest BCUT2D eigenvalue weighted by Gasteiger charge is 2.22. The lowest BCUT2D eigenvalue weighted by Gasteiger charge is -2.30. The van der Waals surface area contributed by atoms with E-state index in [1.807, 2.05) is 32.2 Å². The van der Waals surface area contributed by atoms with E-state index in [4.69, 9.17) is 10.1 Å². The van der Waals surface area contributed by atoms with Crippen molar-refractivity contribution in [2.45, 2.75) is 39.5 Å². The smallest absolute Gasteiger partial charge is 0.156 e. The normalized spacial score (nSPS) is 16.0. The number of aromatic nitrogens is 4. The Hall–Kier alpha value is -2.86. The van der Waals surface area contributed by atoms with Gasteiger partial charge in [-0.2, -0.15) is 5.10 Å². The highest BCUT2D eigenvalue weighted by Crippen LogP contribution is 2.32. The summed E-state index contributed by atoms with van der Waals surface area (Å²) in [5.74, 6) is 0.174. The molecule has 1 aromatic carbocycles. The maximum atomic E-state index is 14.5. The number of halogens is 1. The van der Waals surface area contributed by atoms with Crippen LogP contribution in [0.4, 0.5) is 4.39 Å². The van der Waals surface area contributed by atoms with Crippen LogP contribution in [-0.2, 0) is 0 Å². The van der Waals surface area contributed by atoms with Crippen LogP contribution in [-0.4, -0.2) is 44.1 Å². The van der Waals surface area contributed by atoms with Gasteiger partial charge in [-0.15, -0.1) is 0 Å². The number of piperidine rings is 1. The van der Waals surface area contributed by atoms with Crippen molar-refractivity contribution in [1.82, 2.24) is 24.5 Å². The zero-order valence-corrected chi connectivity index (χ0v) is 17.7. The van der Waals surface area contributed by atoms with Gasteiger partial charge in [0.2, 0.25) is 0 Å². The van der Waals surface area contributed by atoms with Gasteiger partial charge in [0.1, 0.15) is 5.82 Å². The number of pyridine rings is 1. The van der Waals surface area contributed by atoms with Crippen molar-refractivity contribution < 1.29 is 4.39 Å². The van der Waals surface area contributed by atoms with Crippen LogP contribution < -0.4 is 0 Å². The summed E-state index contributed by atoms with van der Waals surface area (Å²) in [5.41, 5.74) is 6.10. The van der Waals surface area contributed by atoms with Crippen molar-refractivity contribution in [3.05, 3.63) is 59.3 Å². The summed E-state index contributed by atoms with van der Waals surface area (Å²) in [6.07, 6.45) is 4.12. The largest absolute Gasteiger partial charge is 0.304 e. The Balaban J connectivity index is 1.63. The van der Waals surface area contributed by atoms with Crippen molar-refractivity contribution >= 4 is 16.6 Å². The van der Waals surface area contributed by atoms with E-state index in [2.05, 4.69) is 22.9 Å². The molecule has 0 N–H and O–H groups in total. The van der Waals surface area contributed by atoms with Gasteiger partial charge in [0.05, 0.1) is 23.1 Å². The molecule has 154 valence electrons. The molecule has 1 fully saturated rings. The number of nitrogens with zero attached hydrogens (tertiary/aromatic N) is 5. The van der Waals surface area contributed by atoms with Crippen LogP contribution in [0.25, 0.3) is 27.8 Å². The molecule has 5 nitrogen and oxygen atoms in total. The molecule has 0 bridgehead atoms. The van der Waals surface area contributed by atoms with E-state index in [0.29, 0.717) is 11.6 Å². The Labute approximate surface area is 175 Å². The molecule has 30 heavy (non-hydrogen) atoms. The topological polar surface area (TPSA) is 46.3 Å². The van der Waals surface area contributed by atoms with Gasteiger partial charge in [-0.1, -0.05) is 13.0 Å². The molecule has 3 aromatic heterocycles. The van der Waals surface area contributed by atoms with Crippen LogP contribution in [0.15, 0.2) is 36.5 Å². The third-order valence-electron chi connectivity index (χ3n) is 6.24. The standard InChI is InChI=1S/C24H26FN5/c1-4-29-9-7-17(8-10-29)21-6-5-18-12-19(25)13-20(23(18)27-21)22-11-15(2)24-26-16(3)14-30(24)28-22/h5-6,11-14,17H,4,7-10H2,1-3H3. The molecule has 1 aliphatic heterocycles. The summed E-state index contributed by atoms with van der Waals surface area (Å²) < 4.78 is 16.2. The lowest BCUT2D eigenvalue weighted by Crippen LogP contribution is -2.32. The van der Waals surface area contributed by atoms with Gasteiger partial charge < -0.3 is 4.90 Å². The van der Waals surface area contributed by atoms with Crippen LogP contribution in [0.1, 0.15) is 42.6 Å². The molecule has 1 saturated heterocycles. The van der Waals surface area contributed by atoms with E-state index in [1.165, 1.54) is 0 Å². The lowest BCUT2D eigenvalue weighted by molar-refractivity contribution is 0.221. The van der Waals surface area contributed by atoms with E-state index in [-0.39, 0.29) is 5.82 Å². The predicted octanol–water partition coefficient (Wildman–Crippen LogP) is 4.90. The molecule has 6 heteroatoms. The Bertz CT molecular complexity index is 1240. The second-order valence-electron chi connectivity index (χ2n) is 8.33. The third kappa shape index (κ3) is 3.35. The van der Waals surface area contributed by atoms with Gasteiger partial charge in [0, 0.05) is 22.6 Å². The minimum atomic E-state index is -0.273. The predicted molar refractivity (Wildman–Crippen MR) is 117 cm³/mol. The molecule has 4 aromatic rings. The van der Waals surface area contributed by atoms with Gasteiger partial charge in [0.25, 0.3) is 0 Å². The second-order valence-corrected chi connectivity index (χ2v) is 8.33. The van der Waals surface area contributed by atoms with E-state index < -0.39 is 0 Å². The number of fused-ring (bicyclic) bond motifs is 2. The van der Waals surface area contributed by atoms with Gasteiger partial charge in [-0.3, -0.25) is 4.98 Å². The maximum absolute atomic E-state index is 14.5. The van der Waals surface area contributed by atoms with Crippen LogP contribution in [0.2, 0.25) is 0 Å². The van der Waals surface area contributed by atoms with Crippen LogP contribution in [0.5, 0.6) is 0 Å². The summed E-state index contributed by atoms with van der Waals surface area (Å²) >= 11 is 0. The summed E-state index contributed by atoms with van der Waals surface area (Å²) in [4.78, 5) is 12.0. The van der Waals surface area contributed by atoms with E-state index >= 15 is 0 Å². The average Bonchev–Trinajstić information content (AvgIpc) is 3.14. The number of likely N-dealkylation sites (tertiary alicyclic amines) is 1. The molecule has 0 spiro atoms. The molecule has 0 unspecified atom stereocenters. The van der Waals surface area contributed by atoms with Gasteiger partial charge in [0.15, 0.2) is 5.65 Å². The monoisotopic (exact) mass is 403 g/mol. The van der Waals surface area contributed by atoms with E-state index in [0.717, 1.165) is 71.5 Å². The number of imidazole rings is 1. The SMILES string of the molecule is CCN1CCC(c2ccc3cc(F)cc(-c4cc(C)c5nc(C)cn5n4)c3n2)CC1. The zero-order valence-electron chi connectivity index (χ0n) is 17.7. The van der Waals surface area contributed by atoms with Crippen molar-refractivity contribution in [2.75, 3.05) is 19.6 Å². The zero-order chi connectivity index (χ0) is 20.8. The highest BCUT2D eigenvalue weighted by atomic mass is 19.1. The van der Waals surface area contributed by atoms with Gasteiger partial charge in [-0.05, 0) is 76.2 Å². The number of rotatable bonds is 3. The molecule has 1 aliphatic rings. The van der Waals surface area contributed by atoms with Crippen LogP contribution >= 0.6 is 0 Å². The van der Waals surface area contributed by atoms with E-state index in [1.54, 1.807) is 16.6 Å². The molecular weight excluding hydrogens is 377 g/mol. The Kier molecular flexibility index (Phi) is 4.74. The first-order valence-corrected chi connectivity index (χ1v) is 10.7. The van der Waals surface area contributed by atoms with Crippen LogP contribution in [0.3, 0.4) is 0 Å². The summed E-state index contributed by atoms with van der Waals surface area (Å²) in [6.45, 7) is 9.48. The average molecular weight is 404 g/mol. The summed E-state index contributed by atoms with van der Waals surface area (Å²) in [7, 11) is 0. The molecule has 4 heterocycles. The second kappa shape index (κ2) is 7.43. The Morgan fingerprint density at radius 3 is 2.63 bits per heavy atom.